The zero-order valence-electron chi connectivity index (χ0n) is 6.07. The molecule has 1 aromatic rings. The highest BCUT2D eigenvalue weighted by Gasteiger charge is 1.91. The first-order valence-electron chi connectivity index (χ1n) is 3.01. The average molecular weight is 138 g/mol. The molecule has 0 aliphatic heterocycles. The van der Waals surface area contributed by atoms with Crippen molar-refractivity contribution in [3.05, 3.63) is 12.4 Å². The first-order chi connectivity index (χ1) is 4.70. The Labute approximate surface area is 59.4 Å². The fourth-order valence-electron chi connectivity index (χ4n) is 0.608. The molecule has 0 aliphatic rings. The molecule has 0 bridgehead atoms. The summed E-state index contributed by atoms with van der Waals surface area (Å²) in [5, 5.41) is 4.06. The first kappa shape index (κ1) is 6.80. The Bertz CT molecular complexity index is 244. The van der Waals surface area contributed by atoms with Gasteiger partial charge in [0.2, 0.25) is 5.95 Å². The number of imidazole rings is 1. The molecule has 0 saturated carbocycles. The Morgan fingerprint density at radius 2 is 2.40 bits per heavy atom. The summed E-state index contributed by atoms with van der Waals surface area (Å²) in [7, 11) is 0. The lowest BCUT2D eigenvalue weighted by Crippen LogP contribution is -1.98. The van der Waals surface area contributed by atoms with Crippen LogP contribution in [0.1, 0.15) is 13.8 Å². The summed E-state index contributed by atoms with van der Waals surface area (Å²) >= 11 is 0. The minimum absolute atomic E-state index is 0.418. The predicted molar refractivity (Wildman–Crippen MR) is 40.8 cm³/mol. The van der Waals surface area contributed by atoms with Crippen LogP contribution in [0.2, 0.25) is 0 Å². The second-order valence-electron chi connectivity index (χ2n) is 2.18. The quantitative estimate of drug-likeness (QED) is 0.581. The lowest BCUT2D eigenvalue weighted by Gasteiger charge is -1.94. The van der Waals surface area contributed by atoms with Gasteiger partial charge in [0.25, 0.3) is 0 Å². The predicted octanol–water partition coefficient (Wildman–Crippen LogP) is 0.709. The highest BCUT2D eigenvalue weighted by Crippen LogP contribution is 1.96. The minimum Gasteiger partial charge on any atom is -0.368 e. The van der Waals surface area contributed by atoms with E-state index in [0.29, 0.717) is 5.95 Å². The van der Waals surface area contributed by atoms with Crippen molar-refractivity contribution in [2.24, 2.45) is 5.10 Å². The molecule has 1 aromatic heterocycles. The van der Waals surface area contributed by atoms with E-state index in [1.165, 1.54) is 4.68 Å². The molecule has 4 heteroatoms. The topological polar surface area (TPSA) is 56.2 Å². The Hall–Kier alpha value is -1.32. The van der Waals surface area contributed by atoms with Crippen LogP contribution in [0.5, 0.6) is 0 Å². The van der Waals surface area contributed by atoms with Crippen LogP contribution in [0.4, 0.5) is 5.95 Å². The van der Waals surface area contributed by atoms with Gasteiger partial charge in [-0.3, -0.25) is 0 Å². The summed E-state index contributed by atoms with van der Waals surface area (Å²) in [5.41, 5.74) is 6.38. The molecular weight excluding hydrogens is 128 g/mol. The van der Waals surface area contributed by atoms with Gasteiger partial charge in [0.1, 0.15) is 0 Å². The van der Waals surface area contributed by atoms with Crippen LogP contribution in [0.3, 0.4) is 0 Å². The van der Waals surface area contributed by atoms with Crippen molar-refractivity contribution in [1.82, 2.24) is 9.66 Å². The Morgan fingerprint density at radius 3 is 2.80 bits per heavy atom. The van der Waals surface area contributed by atoms with Crippen molar-refractivity contribution in [1.29, 1.82) is 0 Å². The molecule has 1 rings (SSSR count). The van der Waals surface area contributed by atoms with Gasteiger partial charge < -0.3 is 5.73 Å². The van der Waals surface area contributed by atoms with E-state index >= 15 is 0 Å². The summed E-state index contributed by atoms with van der Waals surface area (Å²) in [6, 6.07) is 0. The molecule has 0 atom stereocenters. The van der Waals surface area contributed by atoms with Crippen LogP contribution >= 0.6 is 0 Å². The molecule has 0 aromatic carbocycles. The SMILES string of the molecule is CC(C)=Nn1ccnc1N. The molecule has 1 heterocycles. The van der Waals surface area contributed by atoms with Crippen LogP contribution in [0.15, 0.2) is 17.5 Å². The van der Waals surface area contributed by atoms with Gasteiger partial charge in [-0.25, -0.2) is 9.66 Å². The number of nitrogens with zero attached hydrogens (tertiary/aromatic N) is 3. The van der Waals surface area contributed by atoms with Gasteiger partial charge in [-0.15, -0.1) is 0 Å². The fraction of sp³-hybridized carbons (Fsp3) is 0.333. The van der Waals surface area contributed by atoms with E-state index in [1.807, 2.05) is 13.8 Å². The molecule has 0 unspecified atom stereocenters. The van der Waals surface area contributed by atoms with Gasteiger partial charge in [-0.05, 0) is 13.8 Å². The summed E-state index contributed by atoms with van der Waals surface area (Å²) in [5.74, 6) is 0.418. The zero-order chi connectivity index (χ0) is 7.56. The number of nitrogens with two attached hydrogens (primary N) is 1. The van der Waals surface area contributed by atoms with Crippen LogP contribution in [0, 0.1) is 0 Å². The third-order valence-electron chi connectivity index (χ3n) is 0.957. The first-order valence-corrected chi connectivity index (χ1v) is 3.01. The van der Waals surface area contributed by atoms with Gasteiger partial charge in [0, 0.05) is 11.9 Å². The Balaban J connectivity index is 2.95. The lowest BCUT2D eigenvalue weighted by molar-refractivity contribution is 0.888. The summed E-state index contributed by atoms with van der Waals surface area (Å²) in [6.45, 7) is 3.80. The normalized spacial score (nSPS) is 9.40. The highest BCUT2D eigenvalue weighted by molar-refractivity contribution is 5.79. The maximum Gasteiger partial charge on any atom is 0.221 e. The zero-order valence-corrected chi connectivity index (χ0v) is 6.07. The molecule has 0 spiro atoms. The van der Waals surface area contributed by atoms with E-state index in [0.717, 1.165) is 5.71 Å². The maximum absolute atomic E-state index is 5.43. The Kier molecular flexibility index (Phi) is 1.71. The van der Waals surface area contributed by atoms with Crippen molar-refractivity contribution in [2.45, 2.75) is 13.8 Å². The van der Waals surface area contributed by atoms with Crippen molar-refractivity contribution < 1.29 is 0 Å². The number of nitrogen functional groups attached to an aromatic ring is 1. The van der Waals surface area contributed by atoms with E-state index in [9.17, 15) is 0 Å². The maximum atomic E-state index is 5.43. The van der Waals surface area contributed by atoms with Crippen LogP contribution < -0.4 is 5.73 Å². The smallest absolute Gasteiger partial charge is 0.221 e. The summed E-state index contributed by atoms with van der Waals surface area (Å²) < 4.78 is 1.54. The lowest BCUT2D eigenvalue weighted by atomic mass is 10.5. The molecule has 10 heavy (non-hydrogen) atoms. The van der Waals surface area contributed by atoms with Crippen molar-refractivity contribution >= 4 is 11.7 Å². The van der Waals surface area contributed by atoms with Gasteiger partial charge in [-0.2, -0.15) is 5.10 Å². The average Bonchev–Trinajstić information content (AvgIpc) is 2.15. The van der Waals surface area contributed by atoms with E-state index in [1.54, 1.807) is 12.4 Å². The minimum atomic E-state index is 0.418. The number of hydrogen-bond donors (Lipinski definition) is 1. The molecule has 0 aliphatic carbocycles. The molecule has 0 fully saturated rings. The van der Waals surface area contributed by atoms with Gasteiger partial charge >= 0.3 is 0 Å². The molecule has 2 N–H and O–H groups in total. The van der Waals surface area contributed by atoms with Crippen LogP contribution in [-0.4, -0.2) is 15.4 Å². The molecule has 0 radical (unpaired) electrons. The number of rotatable bonds is 1. The van der Waals surface area contributed by atoms with Crippen LogP contribution in [-0.2, 0) is 0 Å². The van der Waals surface area contributed by atoms with Crippen molar-refractivity contribution in [2.75, 3.05) is 5.73 Å². The van der Waals surface area contributed by atoms with E-state index in [2.05, 4.69) is 10.1 Å². The largest absolute Gasteiger partial charge is 0.368 e. The molecule has 4 nitrogen and oxygen atoms in total. The van der Waals surface area contributed by atoms with Crippen molar-refractivity contribution in [3.8, 4) is 0 Å². The highest BCUT2D eigenvalue weighted by atomic mass is 15.4. The standard InChI is InChI=1S/C6H10N4/c1-5(2)9-10-4-3-8-6(10)7/h3-4H,1-2H3,(H2,7,8). The van der Waals surface area contributed by atoms with Gasteiger partial charge in [0.05, 0.1) is 6.20 Å². The van der Waals surface area contributed by atoms with E-state index in [-0.39, 0.29) is 0 Å². The molecular formula is C6H10N4. The second kappa shape index (κ2) is 2.51. The molecule has 0 amide bonds. The fourth-order valence-corrected chi connectivity index (χ4v) is 0.608. The number of aromatic nitrogens is 2. The Morgan fingerprint density at radius 1 is 1.70 bits per heavy atom. The number of hydrogen-bond acceptors (Lipinski definition) is 3. The van der Waals surface area contributed by atoms with Gasteiger partial charge in [-0.1, -0.05) is 0 Å². The molecule has 0 saturated heterocycles. The van der Waals surface area contributed by atoms with Gasteiger partial charge in [0.15, 0.2) is 0 Å². The number of anilines is 1. The summed E-state index contributed by atoms with van der Waals surface area (Å²) in [6.07, 6.45) is 3.32. The monoisotopic (exact) mass is 138 g/mol. The van der Waals surface area contributed by atoms with E-state index in [4.69, 9.17) is 5.73 Å². The van der Waals surface area contributed by atoms with Crippen molar-refractivity contribution in [3.63, 3.8) is 0 Å². The third kappa shape index (κ3) is 1.34. The van der Waals surface area contributed by atoms with E-state index < -0.39 is 0 Å². The second-order valence-corrected chi connectivity index (χ2v) is 2.18. The van der Waals surface area contributed by atoms with Crippen LogP contribution in [0.25, 0.3) is 0 Å². The molecule has 54 valence electrons. The summed E-state index contributed by atoms with van der Waals surface area (Å²) in [4.78, 5) is 3.80. The third-order valence-corrected chi connectivity index (χ3v) is 0.957.